The predicted octanol–water partition coefficient (Wildman–Crippen LogP) is 3.34. The van der Waals surface area contributed by atoms with Crippen molar-refractivity contribution in [1.82, 2.24) is 16.0 Å². The van der Waals surface area contributed by atoms with Crippen molar-refractivity contribution in [3.05, 3.63) is 0 Å². The molecule has 0 aromatic rings. The molecule has 5 saturated carbocycles. The third kappa shape index (κ3) is 4.34. The van der Waals surface area contributed by atoms with Crippen LogP contribution in [-0.2, 0) is 4.79 Å². The van der Waals surface area contributed by atoms with Crippen molar-refractivity contribution in [2.24, 2.45) is 23.7 Å². The van der Waals surface area contributed by atoms with Crippen molar-refractivity contribution in [2.45, 2.75) is 82.6 Å². The maximum atomic E-state index is 12.4. The van der Waals surface area contributed by atoms with E-state index in [1.165, 1.54) is 51.4 Å². The summed E-state index contributed by atoms with van der Waals surface area (Å²) in [5, 5.41) is 9.26. The first-order valence-electron chi connectivity index (χ1n) is 10.9. The van der Waals surface area contributed by atoms with Crippen molar-refractivity contribution >= 4 is 11.9 Å². The molecule has 3 N–H and O–H groups in total. The van der Waals surface area contributed by atoms with Crippen LogP contribution in [0.2, 0.25) is 0 Å². The van der Waals surface area contributed by atoms with Gasteiger partial charge in [-0.2, -0.15) is 0 Å². The first-order chi connectivity index (χ1) is 12.6. The third-order valence-electron chi connectivity index (χ3n) is 7.37. The molecule has 0 aromatic carbocycles. The Kier molecular flexibility index (Phi) is 5.42. The summed E-state index contributed by atoms with van der Waals surface area (Å²) in [6.45, 7) is 1.23. The highest BCUT2D eigenvalue weighted by Gasteiger charge is 2.51. The van der Waals surface area contributed by atoms with Crippen LogP contribution in [0.1, 0.15) is 77.0 Å². The van der Waals surface area contributed by atoms with E-state index < -0.39 is 0 Å². The Morgan fingerprint density at radius 1 is 0.846 bits per heavy atom. The zero-order valence-corrected chi connectivity index (χ0v) is 16.0. The van der Waals surface area contributed by atoms with E-state index in [9.17, 15) is 9.59 Å². The van der Waals surface area contributed by atoms with Gasteiger partial charge in [-0.1, -0.05) is 19.3 Å². The van der Waals surface area contributed by atoms with E-state index in [1.54, 1.807) is 0 Å². The van der Waals surface area contributed by atoms with Crippen LogP contribution in [0.3, 0.4) is 0 Å². The number of hydrogen-bond donors (Lipinski definition) is 3. The van der Waals surface area contributed by atoms with Gasteiger partial charge in [-0.3, -0.25) is 4.79 Å². The second-order valence-corrected chi connectivity index (χ2v) is 9.64. The second-order valence-electron chi connectivity index (χ2n) is 9.64. The molecule has 5 rings (SSSR count). The Morgan fingerprint density at radius 3 is 2.08 bits per heavy atom. The van der Waals surface area contributed by atoms with Gasteiger partial charge in [-0.15, -0.1) is 0 Å². The monoisotopic (exact) mass is 361 g/mol. The molecular weight excluding hydrogens is 326 g/mol. The maximum Gasteiger partial charge on any atom is 0.315 e. The van der Waals surface area contributed by atoms with E-state index in [2.05, 4.69) is 16.0 Å². The lowest BCUT2D eigenvalue weighted by Gasteiger charge is -2.56. The molecule has 0 unspecified atom stereocenters. The quantitative estimate of drug-likeness (QED) is 0.679. The van der Waals surface area contributed by atoms with Crippen molar-refractivity contribution < 1.29 is 9.59 Å². The van der Waals surface area contributed by atoms with E-state index in [1.807, 2.05) is 0 Å². The molecule has 3 amide bonds. The molecule has 0 atom stereocenters. The van der Waals surface area contributed by atoms with E-state index in [0.717, 1.165) is 43.6 Å². The van der Waals surface area contributed by atoms with Crippen LogP contribution in [0.4, 0.5) is 4.79 Å². The van der Waals surface area contributed by atoms with Gasteiger partial charge in [0, 0.05) is 25.0 Å². The molecule has 146 valence electrons. The molecule has 0 saturated heterocycles. The Morgan fingerprint density at radius 2 is 1.46 bits per heavy atom. The Hall–Kier alpha value is -1.26. The van der Waals surface area contributed by atoms with E-state index in [0.29, 0.717) is 18.9 Å². The molecule has 5 aliphatic rings. The average Bonchev–Trinajstić information content (AvgIpc) is 2.59. The number of urea groups is 1. The van der Waals surface area contributed by atoms with Gasteiger partial charge in [0.05, 0.1) is 0 Å². The summed E-state index contributed by atoms with van der Waals surface area (Å²) in [7, 11) is 0. The Bertz CT molecular complexity index is 492. The SMILES string of the molecule is O=C(CCNC(=O)NC12CC3CC(CC(C3)C1)C2)NCC1CCCCC1. The molecule has 0 heterocycles. The topological polar surface area (TPSA) is 70.2 Å². The average molecular weight is 362 g/mol. The van der Waals surface area contributed by atoms with Gasteiger partial charge in [0.15, 0.2) is 0 Å². The number of nitrogens with one attached hydrogen (secondary N) is 3. The molecule has 5 aliphatic carbocycles. The standard InChI is InChI=1S/C21H35N3O2/c25-19(23-14-15-4-2-1-3-5-15)6-7-22-20(26)24-21-11-16-8-17(12-21)10-18(9-16)13-21/h15-18H,1-14H2,(H,23,25)(H2,22,24,26). The number of hydrogen-bond acceptors (Lipinski definition) is 2. The van der Waals surface area contributed by atoms with Crippen LogP contribution < -0.4 is 16.0 Å². The summed E-state index contributed by atoms with van der Waals surface area (Å²) in [4.78, 5) is 24.4. The van der Waals surface area contributed by atoms with Gasteiger partial charge < -0.3 is 16.0 Å². The van der Waals surface area contributed by atoms with Gasteiger partial charge in [0.1, 0.15) is 0 Å². The highest BCUT2D eigenvalue weighted by atomic mass is 16.2. The molecule has 26 heavy (non-hydrogen) atoms. The summed E-state index contributed by atoms with van der Waals surface area (Å²) in [6.07, 6.45) is 14.4. The van der Waals surface area contributed by atoms with Crippen molar-refractivity contribution in [2.75, 3.05) is 13.1 Å². The molecule has 0 spiro atoms. The van der Waals surface area contributed by atoms with E-state index in [-0.39, 0.29) is 17.5 Å². The lowest BCUT2D eigenvalue weighted by atomic mass is 9.53. The highest BCUT2D eigenvalue weighted by Crippen LogP contribution is 2.55. The molecule has 5 fully saturated rings. The summed E-state index contributed by atoms with van der Waals surface area (Å²) in [5.41, 5.74) is 0.0437. The molecule has 0 aliphatic heterocycles. The van der Waals surface area contributed by atoms with E-state index in [4.69, 9.17) is 0 Å². The largest absolute Gasteiger partial charge is 0.356 e. The van der Waals surface area contributed by atoms with Crippen LogP contribution in [0.15, 0.2) is 0 Å². The zero-order chi connectivity index (χ0) is 18.0. The van der Waals surface area contributed by atoms with Gasteiger partial charge in [-0.25, -0.2) is 4.79 Å². The minimum atomic E-state index is -0.0768. The summed E-state index contributed by atoms with van der Waals surface area (Å²) in [5.74, 6) is 3.19. The lowest BCUT2D eigenvalue weighted by molar-refractivity contribution is -0.121. The number of amides is 3. The molecular formula is C21H35N3O2. The van der Waals surface area contributed by atoms with Crippen LogP contribution in [0.25, 0.3) is 0 Å². The van der Waals surface area contributed by atoms with Crippen LogP contribution in [0.5, 0.6) is 0 Å². The normalized spacial score (nSPS) is 35.9. The van der Waals surface area contributed by atoms with Gasteiger partial charge >= 0.3 is 6.03 Å². The predicted molar refractivity (Wildman–Crippen MR) is 102 cm³/mol. The molecule has 0 aromatic heterocycles. The fourth-order valence-electron chi connectivity index (χ4n) is 6.58. The maximum absolute atomic E-state index is 12.4. The fraction of sp³-hybridized carbons (Fsp3) is 0.905. The number of carbonyl (C=O) groups is 2. The second kappa shape index (κ2) is 7.77. The first kappa shape index (κ1) is 18.1. The van der Waals surface area contributed by atoms with Crippen molar-refractivity contribution in [1.29, 1.82) is 0 Å². The van der Waals surface area contributed by atoms with E-state index >= 15 is 0 Å². The van der Waals surface area contributed by atoms with Crippen molar-refractivity contribution in [3.8, 4) is 0 Å². The zero-order valence-electron chi connectivity index (χ0n) is 16.0. The number of rotatable bonds is 6. The minimum absolute atomic E-state index is 0.0437. The van der Waals surface area contributed by atoms with Gasteiger partial charge in [-0.05, 0) is 75.0 Å². The molecule has 5 heteroatoms. The van der Waals surface area contributed by atoms with Crippen LogP contribution >= 0.6 is 0 Å². The lowest BCUT2D eigenvalue weighted by Crippen LogP contribution is -2.61. The summed E-state index contributed by atoms with van der Waals surface area (Å²) >= 11 is 0. The smallest absolute Gasteiger partial charge is 0.315 e. The highest BCUT2D eigenvalue weighted by molar-refractivity contribution is 5.78. The summed E-state index contributed by atoms with van der Waals surface area (Å²) < 4.78 is 0. The Balaban J connectivity index is 1.14. The Labute approximate surface area is 157 Å². The van der Waals surface area contributed by atoms with Crippen molar-refractivity contribution in [3.63, 3.8) is 0 Å². The van der Waals surface area contributed by atoms with Crippen LogP contribution in [-0.4, -0.2) is 30.6 Å². The molecule has 4 bridgehead atoms. The number of carbonyl (C=O) groups excluding carboxylic acids is 2. The summed E-state index contributed by atoms with van der Waals surface area (Å²) in [6, 6.07) is -0.0768. The first-order valence-corrected chi connectivity index (χ1v) is 10.9. The molecule has 0 radical (unpaired) electrons. The van der Waals surface area contributed by atoms with Gasteiger partial charge in [0.2, 0.25) is 5.91 Å². The van der Waals surface area contributed by atoms with Crippen LogP contribution in [0, 0.1) is 23.7 Å². The fourth-order valence-corrected chi connectivity index (χ4v) is 6.58. The van der Waals surface area contributed by atoms with Gasteiger partial charge in [0.25, 0.3) is 0 Å². The third-order valence-corrected chi connectivity index (χ3v) is 7.37. The minimum Gasteiger partial charge on any atom is -0.356 e. The molecule has 5 nitrogen and oxygen atoms in total.